The number of rotatable bonds is 7. The van der Waals surface area contributed by atoms with Gasteiger partial charge in [0.15, 0.2) is 5.82 Å². The predicted octanol–water partition coefficient (Wildman–Crippen LogP) is 15.3. The molecule has 0 atom stereocenters. The van der Waals surface area contributed by atoms with Crippen molar-refractivity contribution in [3.05, 3.63) is 231 Å². The van der Waals surface area contributed by atoms with Crippen molar-refractivity contribution in [1.82, 2.24) is 19.5 Å². The van der Waals surface area contributed by atoms with Crippen LogP contribution in [0.2, 0.25) is 0 Å². The van der Waals surface area contributed by atoms with Crippen LogP contribution in [0.5, 0.6) is 0 Å². The minimum absolute atomic E-state index is 0.702. The third kappa shape index (κ3) is 6.53. The second-order valence-corrected chi connectivity index (χ2v) is 16.0. The number of pyridine rings is 1. The van der Waals surface area contributed by atoms with Crippen LogP contribution < -0.4 is 0 Å². The molecule has 0 bridgehead atoms. The van der Waals surface area contributed by atoms with Gasteiger partial charge in [-0.2, -0.15) is 0 Å². The van der Waals surface area contributed by atoms with Gasteiger partial charge in [-0.1, -0.05) is 164 Å². The van der Waals surface area contributed by atoms with Crippen molar-refractivity contribution in [2.24, 2.45) is 0 Å². The van der Waals surface area contributed by atoms with Crippen LogP contribution in [0, 0.1) is 0 Å². The fourth-order valence-corrected chi connectivity index (χ4v) is 9.19. The molecule has 0 unspecified atom stereocenters. The first-order chi connectivity index (χ1) is 31.2. The van der Waals surface area contributed by atoms with Crippen LogP contribution >= 0.6 is 0 Å². The molecule has 0 aliphatic carbocycles. The molecule has 0 saturated carbocycles. The van der Waals surface area contributed by atoms with E-state index in [0.717, 1.165) is 50.4 Å². The number of nitrogens with zero attached hydrogens (tertiary/aromatic N) is 4. The van der Waals surface area contributed by atoms with Gasteiger partial charge in [0.25, 0.3) is 0 Å². The zero-order valence-corrected chi connectivity index (χ0v) is 34.2. The topological polar surface area (TPSA) is 43.6 Å². The van der Waals surface area contributed by atoms with Crippen LogP contribution in [0.15, 0.2) is 231 Å². The lowest BCUT2D eigenvalue weighted by Gasteiger charge is -2.15. The quantitative estimate of drug-likeness (QED) is 0.151. The van der Waals surface area contributed by atoms with E-state index in [1.807, 2.05) is 36.5 Å². The maximum atomic E-state index is 5.14. The Morgan fingerprint density at radius 1 is 0.302 bits per heavy atom. The average molecular weight is 803 g/mol. The van der Waals surface area contributed by atoms with Crippen LogP contribution in [0.25, 0.3) is 116 Å². The molecule has 0 spiro atoms. The number of benzene rings is 9. The molecule has 0 saturated heterocycles. The van der Waals surface area contributed by atoms with Crippen molar-refractivity contribution in [3.63, 3.8) is 0 Å². The normalized spacial score (nSPS) is 11.5. The Balaban J connectivity index is 0.944. The summed E-state index contributed by atoms with van der Waals surface area (Å²) in [6.07, 6.45) is 1.84. The van der Waals surface area contributed by atoms with Gasteiger partial charge in [0.2, 0.25) is 0 Å². The maximum absolute atomic E-state index is 5.14. The Kier molecular flexibility index (Phi) is 8.79. The van der Waals surface area contributed by atoms with Crippen molar-refractivity contribution in [2.45, 2.75) is 0 Å². The molecule has 63 heavy (non-hydrogen) atoms. The van der Waals surface area contributed by atoms with Gasteiger partial charge in [0.05, 0.1) is 28.1 Å². The summed E-state index contributed by atoms with van der Waals surface area (Å²) in [5.74, 6) is 0.702. The van der Waals surface area contributed by atoms with Gasteiger partial charge >= 0.3 is 0 Å². The maximum Gasteiger partial charge on any atom is 0.160 e. The van der Waals surface area contributed by atoms with Gasteiger partial charge in [-0.05, 0) is 104 Å². The molecule has 0 radical (unpaired) electrons. The van der Waals surface area contributed by atoms with Crippen LogP contribution in [0.4, 0.5) is 0 Å². The molecule has 0 aliphatic heterocycles. The van der Waals surface area contributed by atoms with Crippen molar-refractivity contribution in [3.8, 4) is 73.1 Å². The SMILES string of the molecule is c1ccc(-c2cc(-c3ccccc3)nc(-c3ccc4c(-c5ccc(-n6c7ccccc7c7cc(-c8ccc(-c9ccccn9)cc8)ccc76)cc5)c5ccccc5cc4c3)n2)cc1. The van der Waals surface area contributed by atoms with E-state index in [-0.39, 0.29) is 0 Å². The largest absolute Gasteiger partial charge is 0.309 e. The summed E-state index contributed by atoms with van der Waals surface area (Å²) < 4.78 is 2.39. The standard InChI is InChI=1S/C59H38N4/c1-3-13-40(14-4-1)54-38-55(41-15-5-2-6-16-41)62-59(61-54)46-28-32-50-47(36-46)35-45-17-7-8-18-49(45)58(50)43-26-30-48(31-27-43)63-56-21-10-9-19-51(56)52-37-44(29-33-57(52)63)39-22-24-42(25-23-39)53-20-11-12-34-60-53/h1-38H. The van der Waals surface area contributed by atoms with E-state index in [9.17, 15) is 0 Å². The van der Waals surface area contributed by atoms with Crippen LogP contribution in [-0.4, -0.2) is 19.5 Å². The lowest BCUT2D eigenvalue weighted by atomic mass is 9.91. The first kappa shape index (κ1) is 36.4. The summed E-state index contributed by atoms with van der Waals surface area (Å²) in [5.41, 5.74) is 15.2. The van der Waals surface area contributed by atoms with Crippen molar-refractivity contribution >= 4 is 43.4 Å². The van der Waals surface area contributed by atoms with Crippen LogP contribution in [0.1, 0.15) is 0 Å². The molecule has 12 aromatic rings. The fraction of sp³-hybridized carbons (Fsp3) is 0. The monoisotopic (exact) mass is 802 g/mol. The predicted molar refractivity (Wildman–Crippen MR) is 262 cm³/mol. The third-order valence-corrected chi connectivity index (χ3v) is 12.3. The number of hydrogen-bond acceptors (Lipinski definition) is 3. The lowest BCUT2D eigenvalue weighted by molar-refractivity contribution is 1.18. The smallest absolute Gasteiger partial charge is 0.160 e. The molecule has 3 heterocycles. The highest BCUT2D eigenvalue weighted by molar-refractivity contribution is 6.14. The average Bonchev–Trinajstić information content (AvgIpc) is 3.70. The van der Waals surface area contributed by atoms with Crippen molar-refractivity contribution in [2.75, 3.05) is 0 Å². The van der Waals surface area contributed by atoms with E-state index < -0.39 is 0 Å². The Bertz CT molecular complexity index is 3580. The zero-order chi connectivity index (χ0) is 41.7. The fourth-order valence-electron chi connectivity index (χ4n) is 9.19. The van der Waals surface area contributed by atoms with Gasteiger partial charge in [-0.3, -0.25) is 4.98 Å². The molecular formula is C59H38N4. The second-order valence-electron chi connectivity index (χ2n) is 16.0. The zero-order valence-electron chi connectivity index (χ0n) is 34.2. The molecule has 12 rings (SSSR count). The number of hydrogen-bond donors (Lipinski definition) is 0. The highest BCUT2D eigenvalue weighted by atomic mass is 15.0. The summed E-state index contributed by atoms with van der Waals surface area (Å²) in [4.78, 5) is 14.8. The molecular weight excluding hydrogens is 765 g/mol. The van der Waals surface area contributed by atoms with Gasteiger partial charge in [0, 0.05) is 44.9 Å². The van der Waals surface area contributed by atoms with Crippen LogP contribution in [-0.2, 0) is 0 Å². The Labute approximate surface area is 365 Å². The van der Waals surface area contributed by atoms with Gasteiger partial charge in [-0.15, -0.1) is 0 Å². The van der Waals surface area contributed by atoms with E-state index >= 15 is 0 Å². The molecule has 0 N–H and O–H groups in total. The molecule has 4 heteroatoms. The lowest BCUT2D eigenvalue weighted by Crippen LogP contribution is -1.96. The number of para-hydroxylation sites is 1. The summed E-state index contributed by atoms with van der Waals surface area (Å²) in [6, 6.07) is 79.8. The number of aromatic nitrogens is 4. The van der Waals surface area contributed by atoms with Gasteiger partial charge in [0.1, 0.15) is 0 Å². The van der Waals surface area contributed by atoms with E-state index in [4.69, 9.17) is 9.97 Å². The van der Waals surface area contributed by atoms with Gasteiger partial charge < -0.3 is 4.57 Å². The first-order valence-electron chi connectivity index (χ1n) is 21.3. The van der Waals surface area contributed by atoms with Gasteiger partial charge in [-0.25, -0.2) is 9.97 Å². The Morgan fingerprint density at radius 2 is 0.873 bits per heavy atom. The minimum Gasteiger partial charge on any atom is -0.309 e. The summed E-state index contributed by atoms with van der Waals surface area (Å²) in [5, 5.41) is 7.20. The van der Waals surface area contributed by atoms with E-state index in [1.165, 1.54) is 60.2 Å². The Hall–Kier alpha value is -8.47. The summed E-state index contributed by atoms with van der Waals surface area (Å²) in [6.45, 7) is 0. The second kappa shape index (κ2) is 15.2. The summed E-state index contributed by atoms with van der Waals surface area (Å²) >= 11 is 0. The van der Waals surface area contributed by atoms with Crippen molar-refractivity contribution < 1.29 is 0 Å². The Morgan fingerprint density at radius 3 is 1.60 bits per heavy atom. The van der Waals surface area contributed by atoms with Crippen LogP contribution in [0.3, 0.4) is 0 Å². The van der Waals surface area contributed by atoms with Crippen molar-refractivity contribution in [1.29, 1.82) is 0 Å². The molecule has 0 fully saturated rings. The summed E-state index contributed by atoms with van der Waals surface area (Å²) in [7, 11) is 0. The van der Waals surface area contributed by atoms with E-state index in [1.54, 1.807) is 0 Å². The number of fused-ring (bicyclic) bond motifs is 5. The van der Waals surface area contributed by atoms with E-state index in [0.29, 0.717) is 5.82 Å². The molecule has 4 nitrogen and oxygen atoms in total. The van der Waals surface area contributed by atoms with E-state index in [2.05, 4.69) is 204 Å². The highest BCUT2D eigenvalue weighted by Gasteiger charge is 2.17. The molecule has 0 aliphatic rings. The third-order valence-electron chi connectivity index (χ3n) is 12.3. The molecule has 0 amide bonds. The molecule has 9 aromatic carbocycles. The minimum atomic E-state index is 0.702. The molecule has 3 aromatic heterocycles. The molecule has 294 valence electrons. The highest BCUT2D eigenvalue weighted by Crippen LogP contribution is 2.40. The first-order valence-corrected chi connectivity index (χ1v) is 21.3.